The van der Waals surface area contributed by atoms with Crippen molar-refractivity contribution in [3.8, 4) is 0 Å². The van der Waals surface area contributed by atoms with E-state index in [1.807, 2.05) is 44.2 Å². The number of carboxylic acid groups (broad SMARTS) is 1. The highest BCUT2D eigenvalue weighted by Gasteiger charge is 2.28. The molecule has 0 spiro atoms. The summed E-state index contributed by atoms with van der Waals surface area (Å²) < 4.78 is 0. The van der Waals surface area contributed by atoms with Crippen LogP contribution in [0, 0.1) is 0 Å². The summed E-state index contributed by atoms with van der Waals surface area (Å²) in [7, 11) is 1.66. The van der Waals surface area contributed by atoms with Gasteiger partial charge in [0.15, 0.2) is 0 Å². The molecule has 1 rings (SSSR count). The summed E-state index contributed by atoms with van der Waals surface area (Å²) in [6, 6.07) is 9.26. The van der Waals surface area contributed by atoms with Gasteiger partial charge in [0.1, 0.15) is 6.04 Å². The highest BCUT2D eigenvalue weighted by atomic mass is 16.4. The summed E-state index contributed by atoms with van der Waals surface area (Å²) in [6.45, 7) is 5.77. The molecule has 5 nitrogen and oxygen atoms in total. The van der Waals surface area contributed by atoms with Crippen LogP contribution in [0.3, 0.4) is 0 Å². The lowest BCUT2D eigenvalue weighted by molar-refractivity contribution is -0.139. The van der Waals surface area contributed by atoms with Gasteiger partial charge in [-0.2, -0.15) is 0 Å². The van der Waals surface area contributed by atoms with E-state index in [1.165, 1.54) is 4.90 Å². The normalized spacial score (nSPS) is 12.2. The Hall–Kier alpha value is -1.88. The van der Waals surface area contributed by atoms with E-state index in [0.29, 0.717) is 0 Å². The van der Waals surface area contributed by atoms with Crippen LogP contribution in [-0.4, -0.2) is 53.5 Å². The van der Waals surface area contributed by atoms with Gasteiger partial charge in [-0.05, 0) is 18.7 Å². The minimum atomic E-state index is -0.895. The van der Waals surface area contributed by atoms with Crippen molar-refractivity contribution in [3.63, 3.8) is 0 Å². The zero-order valence-electron chi connectivity index (χ0n) is 13.0. The Bertz CT molecular complexity index is 458. The van der Waals surface area contributed by atoms with Crippen molar-refractivity contribution in [2.24, 2.45) is 0 Å². The quantitative estimate of drug-likeness (QED) is 0.796. The highest BCUT2D eigenvalue weighted by Crippen LogP contribution is 2.22. The highest BCUT2D eigenvalue weighted by molar-refractivity contribution is 5.83. The van der Waals surface area contributed by atoms with Gasteiger partial charge in [-0.15, -0.1) is 0 Å². The van der Waals surface area contributed by atoms with E-state index in [0.717, 1.165) is 18.7 Å². The van der Waals surface area contributed by atoms with Gasteiger partial charge in [-0.25, -0.2) is 0 Å². The van der Waals surface area contributed by atoms with Crippen LogP contribution in [0.4, 0.5) is 0 Å². The van der Waals surface area contributed by atoms with Gasteiger partial charge in [-0.1, -0.05) is 44.2 Å². The summed E-state index contributed by atoms with van der Waals surface area (Å²) in [4.78, 5) is 27.0. The van der Waals surface area contributed by atoms with Gasteiger partial charge in [0.25, 0.3) is 0 Å². The largest absolute Gasteiger partial charge is 0.481 e. The number of hydrogen-bond acceptors (Lipinski definition) is 3. The van der Waals surface area contributed by atoms with Gasteiger partial charge in [0.2, 0.25) is 5.91 Å². The van der Waals surface area contributed by atoms with Gasteiger partial charge in [0.05, 0.1) is 6.42 Å². The summed E-state index contributed by atoms with van der Waals surface area (Å²) in [5.41, 5.74) is 0.938. The van der Waals surface area contributed by atoms with E-state index in [9.17, 15) is 9.59 Å². The second-order valence-corrected chi connectivity index (χ2v) is 4.94. The number of carbonyl (C=O) groups excluding carboxylic acids is 1. The van der Waals surface area contributed by atoms with Crippen LogP contribution in [0.5, 0.6) is 0 Å². The van der Waals surface area contributed by atoms with Gasteiger partial charge in [-0.3, -0.25) is 14.5 Å². The van der Waals surface area contributed by atoms with Crippen LogP contribution in [0.25, 0.3) is 0 Å². The molecular formula is C16H24N2O3. The first-order chi connectivity index (χ1) is 10.0. The topological polar surface area (TPSA) is 60.9 Å². The number of hydrogen-bond donors (Lipinski definition) is 1. The maximum Gasteiger partial charge on any atom is 0.305 e. The summed E-state index contributed by atoms with van der Waals surface area (Å²) >= 11 is 0. The molecule has 1 aromatic carbocycles. The van der Waals surface area contributed by atoms with Crippen molar-refractivity contribution in [3.05, 3.63) is 35.9 Å². The van der Waals surface area contributed by atoms with Crippen LogP contribution >= 0.6 is 0 Å². The molecule has 1 amide bonds. The molecule has 0 bridgehead atoms. The molecule has 0 heterocycles. The molecule has 5 heteroatoms. The molecule has 0 aliphatic heterocycles. The lowest BCUT2D eigenvalue weighted by Crippen LogP contribution is -2.42. The van der Waals surface area contributed by atoms with Gasteiger partial charge in [0, 0.05) is 13.6 Å². The molecular weight excluding hydrogens is 268 g/mol. The molecule has 0 saturated heterocycles. The zero-order valence-corrected chi connectivity index (χ0v) is 13.0. The van der Waals surface area contributed by atoms with Crippen LogP contribution in [-0.2, 0) is 9.59 Å². The van der Waals surface area contributed by atoms with E-state index in [-0.39, 0.29) is 24.9 Å². The smallest absolute Gasteiger partial charge is 0.305 e. The predicted octanol–water partition coefficient (Wildman–Crippen LogP) is 2.00. The van der Waals surface area contributed by atoms with Crippen molar-refractivity contribution in [2.75, 3.05) is 26.7 Å². The standard InChI is InChI=1S/C16H24N2O3/c1-4-18(5-2)15(13-9-7-6-8-10-13)16(21)17(3)12-11-14(19)20/h6-10,15H,4-5,11-12H2,1-3H3,(H,19,20). The summed E-state index contributed by atoms with van der Waals surface area (Å²) in [5, 5.41) is 8.75. The Labute approximate surface area is 126 Å². The Morgan fingerprint density at radius 2 is 1.71 bits per heavy atom. The summed E-state index contributed by atoms with van der Waals surface area (Å²) in [6.07, 6.45) is -0.0397. The number of nitrogens with zero attached hydrogens (tertiary/aromatic N) is 2. The fourth-order valence-corrected chi connectivity index (χ4v) is 2.32. The molecule has 0 saturated carbocycles. The minimum absolute atomic E-state index is 0.0397. The van der Waals surface area contributed by atoms with Gasteiger partial charge >= 0.3 is 5.97 Å². The van der Waals surface area contributed by atoms with Crippen LogP contribution in [0.2, 0.25) is 0 Å². The number of amides is 1. The lowest BCUT2D eigenvalue weighted by Gasteiger charge is -2.32. The maximum absolute atomic E-state index is 12.7. The van der Waals surface area contributed by atoms with E-state index < -0.39 is 5.97 Å². The first-order valence-electron chi connectivity index (χ1n) is 7.27. The monoisotopic (exact) mass is 292 g/mol. The number of rotatable bonds is 8. The Morgan fingerprint density at radius 3 is 2.19 bits per heavy atom. The molecule has 0 radical (unpaired) electrons. The molecule has 0 aliphatic carbocycles. The lowest BCUT2D eigenvalue weighted by atomic mass is 10.0. The molecule has 1 unspecified atom stereocenters. The SMILES string of the molecule is CCN(CC)C(C(=O)N(C)CCC(=O)O)c1ccccc1. The van der Waals surface area contributed by atoms with Crippen molar-refractivity contribution >= 4 is 11.9 Å². The third-order valence-corrected chi connectivity index (χ3v) is 3.56. The molecule has 1 N–H and O–H groups in total. The first-order valence-corrected chi connectivity index (χ1v) is 7.27. The predicted molar refractivity (Wildman–Crippen MR) is 82.0 cm³/mol. The molecule has 116 valence electrons. The Balaban J connectivity index is 2.95. The van der Waals surface area contributed by atoms with Crippen molar-refractivity contribution < 1.29 is 14.7 Å². The minimum Gasteiger partial charge on any atom is -0.481 e. The average molecular weight is 292 g/mol. The second kappa shape index (κ2) is 8.42. The number of benzene rings is 1. The molecule has 1 aromatic rings. The van der Waals surface area contributed by atoms with E-state index in [1.54, 1.807) is 7.05 Å². The number of likely N-dealkylation sites (N-methyl/N-ethyl adjacent to an activating group) is 2. The fraction of sp³-hybridized carbons (Fsp3) is 0.500. The average Bonchev–Trinajstić information content (AvgIpc) is 2.50. The summed E-state index contributed by atoms with van der Waals surface area (Å²) in [5.74, 6) is -0.958. The zero-order chi connectivity index (χ0) is 15.8. The first kappa shape index (κ1) is 17.2. The maximum atomic E-state index is 12.7. The fourth-order valence-electron chi connectivity index (χ4n) is 2.32. The van der Waals surface area contributed by atoms with Crippen molar-refractivity contribution in [1.82, 2.24) is 9.80 Å². The van der Waals surface area contributed by atoms with Crippen LogP contribution in [0.1, 0.15) is 31.9 Å². The third kappa shape index (κ3) is 4.86. The molecule has 0 aliphatic rings. The van der Waals surface area contributed by atoms with E-state index in [4.69, 9.17) is 5.11 Å². The van der Waals surface area contributed by atoms with E-state index in [2.05, 4.69) is 4.90 Å². The van der Waals surface area contributed by atoms with E-state index >= 15 is 0 Å². The second-order valence-electron chi connectivity index (χ2n) is 4.94. The number of carbonyl (C=O) groups is 2. The van der Waals surface area contributed by atoms with Crippen molar-refractivity contribution in [1.29, 1.82) is 0 Å². The van der Waals surface area contributed by atoms with Gasteiger partial charge < -0.3 is 10.0 Å². The van der Waals surface area contributed by atoms with Crippen molar-refractivity contribution in [2.45, 2.75) is 26.3 Å². The number of carboxylic acids is 1. The molecule has 0 aromatic heterocycles. The molecule has 1 atom stereocenters. The van der Waals surface area contributed by atoms with Crippen LogP contribution < -0.4 is 0 Å². The number of aliphatic carboxylic acids is 1. The molecule has 21 heavy (non-hydrogen) atoms. The van der Waals surface area contributed by atoms with Crippen LogP contribution in [0.15, 0.2) is 30.3 Å². The Kier molecular flexibility index (Phi) is 6.88. The third-order valence-electron chi connectivity index (χ3n) is 3.56. The molecule has 0 fully saturated rings. The Morgan fingerprint density at radius 1 is 1.14 bits per heavy atom.